The molecule has 0 heterocycles. The number of hydrogen-bond donors (Lipinski definition) is 2. The molecule has 3 heteroatoms. The third kappa shape index (κ3) is 4.49. The van der Waals surface area contributed by atoms with Gasteiger partial charge in [0.15, 0.2) is 0 Å². The van der Waals surface area contributed by atoms with Gasteiger partial charge in [-0.15, -0.1) is 0 Å². The molecule has 1 fully saturated rings. The standard InChI is InChI=1S/C12H25NO2/c1-15-12(7-6-8-12)11-13-9-4-2-3-5-10-14/h13-14H,2-11H2,1H3. The predicted molar refractivity (Wildman–Crippen MR) is 62.0 cm³/mol. The molecule has 1 rings (SSSR count). The lowest BCUT2D eigenvalue weighted by Crippen LogP contribution is -2.48. The molecule has 0 atom stereocenters. The van der Waals surface area contributed by atoms with Gasteiger partial charge in [0.2, 0.25) is 0 Å². The molecule has 0 aliphatic heterocycles. The van der Waals surface area contributed by atoms with Crippen molar-refractivity contribution in [3.63, 3.8) is 0 Å². The van der Waals surface area contributed by atoms with Crippen LogP contribution in [0.25, 0.3) is 0 Å². The smallest absolute Gasteiger partial charge is 0.0802 e. The molecule has 0 aromatic rings. The van der Waals surface area contributed by atoms with Gasteiger partial charge >= 0.3 is 0 Å². The van der Waals surface area contributed by atoms with E-state index in [9.17, 15) is 0 Å². The normalized spacial score (nSPS) is 18.8. The van der Waals surface area contributed by atoms with Crippen LogP contribution in [0.4, 0.5) is 0 Å². The van der Waals surface area contributed by atoms with E-state index >= 15 is 0 Å². The fourth-order valence-electron chi connectivity index (χ4n) is 2.06. The van der Waals surface area contributed by atoms with Crippen molar-refractivity contribution >= 4 is 0 Å². The zero-order valence-electron chi connectivity index (χ0n) is 9.93. The predicted octanol–water partition coefficient (Wildman–Crippen LogP) is 1.70. The van der Waals surface area contributed by atoms with Crippen LogP contribution in [0.1, 0.15) is 44.9 Å². The van der Waals surface area contributed by atoms with Crippen LogP contribution in [-0.2, 0) is 4.74 Å². The maximum absolute atomic E-state index is 8.61. The van der Waals surface area contributed by atoms with Gasteiger partial charge in [0.1, 0.15) is 0 Å². The third-order valence-corrected chi connectivity index (χ3v) is 3.41. The van der Waals surface area contributed by atoms with Gasteiger partial charge in [-0.05, 0) is 38.6 Å². The number of methoxy groups -OCH3 is 1. The van der Waals surface area contributed by atoms with Gasteiger partial charge in [-0.1, -0.05) is 12.8 Å². The summed E-state index contributed by atoms with van der Waals surface area (Å²) in [5.74, 6) is 0. The van der Waals surface area contributed by atoms with Gasteiger partial charge < -0.3 is 15.2 Å². The summed E-state index contributed by atoms with van der Waals surface area (Å²) in [5, 5.41) is 12.1. The van der Waals surface area contributed by atoms with E-state index in [-0.39, 0.29) is 5.60 Å². The summed E-state index contributed by atoms with van der Waals surface area (Å²) < 4.78 is 5.52. The van der Waals surface area contributed by atoms with Crippen LogP contribution in [0.2, 0.25) is 0 Å². The molecule has 1 aliphatic carbocycles. The van der Waals surface area contributed by atoms with Crippen LogP contribution >= 0.6 is 0 Å². The molecule has 0 radical (unpaired) electrons. The maximum Gasteiger partial charge on any atom is 0.0802 e. The first-order valence-corrected chi connectivity index (χ1v) is 6.20. The van der Waals surface area contributed by atoms with E-state index in [2.05, 4.69) is 5.32 Å². The van der Waals surface area contributed by atoms with E-state index in [0.717, 1.165) is 25.9 Å². The molecule has 3 nitrogen and oxygen atoms in total. The van der Waals surface area contributed by atoms with Crippen molar-refractivity contribution in [2.24, 2.45) is 0 Å². The van der Waals surface area contributed by atoms with E-state index in [0.29, 0.717) is 6.61 Å². The van der Waals surface area contributed by atoms with Crippen molar-refractivity contribution in [1.82, 2.24) is 5.32 Å². The Labute approximate surface area is 93.2 Å². The molecule has 0 aromatic heterocycles. The quantitative estimate of drug-likeness (QED) is 0.575. The number of unbranched alkanes of at least 4 members (excludes halogenated alkanes) is 3. The number of nitrogens with one attached hydrogen (secondary N) is 1. The first-order chi connectivity index (χ1) is 7.33. The lowest BCUT2D eigenvalue weighted by atomic mass is 9.80. The molecule has 0 unspecified atom stereocenters. The highest BCUT2D eigenvalue weighted by atomic mass is 16.5. The highest BCUT2D eigenvalue weighted by Crippen LogP contribution is 2.34. The second-order valence-electron chi connectivity index (χ2n) is 4.56. The molecule has 0 saturated heterocycles. The Hall–Kier alpha value is -0.120. The summed E-state index contributed by atoms with van der Waals surface area (Å²) in [5.41, 5.74) is 0.158. The SMILES string of the molecule is COC1(CNCCCCCCO)CCC1. The highest BCUT2D eigenvalue weighted by molar-refractivity contribution is 4.91. The summed E-state index contributed by atoms with van der Waals surface area (Å²) >= 11 is 0. The van der Waals surface area contributed by atoms with Crippen LogP contribution in [0.5, 0.6) is 0 Å². The van der Waals surface area contributed by atoms with Crippen molar-refractivity contribution in [3.8, 4) is 0 Å². The molecule has 0 amide bonds. The summed E-state index contributed by atoms with van der Waals surface area (Å²) in [7, 11) is 1.82. The highest BCUT2D eigenvalue weighted by Gasteiger charge is 2.36. The summed E-state index contributed by atoms with van der Waals surface area (Å²) in [6.07, 6.45) is 8.25. The van der Waals surface area contributed by atoms with Crippen LogP contribution in [0.15, 0.2) is 0 Å². The molecule has 2 N–H and O–H groups in total. The monoisotopic (exact) mass is 215 g/mol. The Balaban J connectivity index is 1.88. The third-order valence-electron chi connectivity index (χ3n) is 3.41. The molecular formula is C12H25NO2. The minimum Gasteiger partial charge on any atom is -0.396 e. The minimum atomic E-state index is 0.158. The van der Waals surface area contributed by atoms with Crippen molar-refractivity contribution in [2.45, 2.75) is 50.5 Å². The molecule has 0 aromatic carbocycles. The van der Waals surface area contributed by atoms with E-state index in [1.54, 1.807) is 0 Å². The molecule has 1 saturated carbocycles. The first kappa shape index (κ1) is 12.9. The van der Waals surface area contributed by atoms with Gasteiger partial charge in [0, 0.05) is 20.3 Å². The lowest BCUT2D eigenvalue weighted by Gasteiger charge is -2.40. The zero-order valence-corrected chi connectivity index (χ0v) is 9.93. The second-order valence-corrected chi connectivity index (χ2v) is 4.56. The average Bonchev–Trinajstić information content (AvgIpc) is 2.20. The van der Waals surface area contributed by atoms with Crippen molar-refractivity contribution in [1.29, 1.82) is 0 Å². The minimum absolute atomic E-state index is 0.158. The molecule has 0 bridgehead atoms. The Kier molecular flexibility index (Phi) is 6.22. The van der Waals surface area contributed by atoms with Crippen LogP contribution in [0.3, 0.4) is 0 Å². The largest absolute Gasteiger partial charge is 0.396 e. The molecule has 0 spiro atoms. The van der Waals surface area contributed by atoms with Crippen molar-refractivity contribution in [3.05, 3.63) is 0 Å². The Morgan fingerprint density at radius 2 is 1.93 bits per heavy atom. The van der Waals surface area contributed by atoms with Gasteiger partial charge in [-0.2, -0.15) is 0 Å². The fourth-order valence-corrected chi connectivity index (χ4v) is 2.06. The zero-order chi connectivity index (χ0) is 11.0. The van der Waals surface area contributed by atoms with Crippen molar-refractivity contribution < 1.29 is 9.84 Å². The molecule has 1 aliphatic rings. The number of rotatable bonds is 9. The second kappa shape index (κ2) is 7.20. The number of ether oxygens (including phenoxy) is 1. The molecule has 15 heavy (non-hydrogen) atoms. The Bertz CT molecular complexity index is 152. The number of aliphatic hydroxyl groups is 1. The number of hydrogen-bond acceptors (Lipinski definition) is 3. The molecule has 90 valence electrons. The topological polar surface area (TPSA) is 41.5 Å². The summed E-state index contributed by atoms with van der Waals surface area (Å²) in [4.78, 5) is 0. The van der Waals surface area contributed by atoms with Gasteiger partial charge in [0.05, 0.1) is 5.60 Å². The number of aliphatic hydroxyl groups excluding tert-OH is 1. The van der Waals surface area contributed by atoms with Crippen LogP contribution in [0, 0.1) is 0 Å². The van der Waals surface area contributed by atoms with Gasteiger partial charge in [-0.3, -0.25) is 0 Å². The maximum atomic E-state index is 8.61. The van der Waals surface area contributed by atoms with E-state index in [4.69, 9.17) is 9.84 Å². The summed E-state index contributed by atoms with van der Waals surface area (Å²) in [6, 6.07) is 0. The van der Waals surface area contributed by atoms with Crippen LogP contribution in [-0.4, -0.2) is 37.5 Å². The Morgan fingerprint density at radius 3 is 2.47 bits per heavy atom. The average molecular weight is 215 g/mol. The van der Waals surface area contributed by atoms with Gasteiger partial charge in [-0.25, -0.2) is 0 Å². The van der Waals surface area contributed by atoms with E-state index < -0.39 is 0 Å². The fraction of sp³-hybridized carbons (Fsp3) is 1.00. The van der Waals surface area contributed by atoms with E-state index in [1.165, 1.54) is 32.1 Å². The summed E-state index contributed by atoms with van der Waals surface area (Å²) in [6.45, 7) is 2.42. The Morgan fingerprint density at radius 1 is 1.20 bits per heavy atom. The van der Waals surface area contributed by atoms with Crippen molar-refractivity contribution in [2.75, 3.05) is 26.8 Å². The molecular weight excluding hydrogens is 190 g/mol. The first-order valence-electron chi connectivity index (χ1n) is 6.20. The van der Waals surface area contributed by atoms with Crippen LogP contribution < -0.4 is 5.32 Å². The van der Waals surface area contributed by atoms with Gasteiger partial charge in [0.25, 0.3) is 0 Å². The van der Waals surface area contributed by atoms with E-state index in [1.807, 2.05) is 7.11 Å². The lowest BCUT2D eigenvalue weighted by molar-refractivity contribution is -0.0692.